The average Bonchev–Trinajstić information content (AvgIpc) is 2.88. The highest BCUT2D eigenvalue weighted by atomic mass is 19.4. The van der Waals surface area contributed by atoms with Crippen molar-refractivity contribution in [1.29, 1.82) is 0 Å². The Balaban J connectivity index is 1.53. The number of aliphatic carboxylic acids is 1. The van der Waals surface area contributed by atoms with Crippen LogP contribution >= 0.6 is 0 Å². The SMILES string of the molecule is O=C(O)CC1c2ccccc2N=C(N2CCN(c3ccc(F)cc3)CC2)N1c1cccc(C(F)(F)F)c1. The molecule has 0 radical (unpaired) electrons. The van der Waals surface area contributed by atoms with Gasteiger partial charge in [0.25, 0.3) is 0 Å². The number of aliphatic imine (C=N–C) groups is 1. The number of halogens is 4. The molecule has 0 aliphatic carbocycles. The molecule has 3 aromatic carbocycles. The minimum atomic E-state index is -4.55. The molecule has 0 spiro atoms. The lowest BCUT2D eigenvalue weighted by Crippen LogP contribution is -2.55. The van der Waals surface area contributed by atoms with Crippen molar-refractivity contribution in [3.8, 4) is 0 Å². The number of carbonyl (C=O) groups is 1. The number of carboxylic acid groups (broad SMARTS) is 1. The van der Waals surface area contributed by atoms with E-state index in [9.17, 15) is 27.5 Å². The zero-order chi connectivity index (χ0) is 26.2. The lowest BCUT2D eigenvalue weighted by atomic mass is 9.97. The van der Waals surface area contributed by atoms with Gasteiger partial charge in [-0.3, -0.25) is 4.79 Å². The fourth-order valence-electron chi connectivity index (χ4n) is 4.84. The minimum absolute atomic E-state index is 0.218. The van der Waals surface area contributed by atoms with Crippen LogP contribution in [0.1, 0.15) is 23.6 Å². The molecule has 0 bridgehead atoms. The Morgan fingerprint density at radius 1 is 0.892 bits per heavy atom. The van der Waals surface area contributed by atoms with Crippen LogP contribution in [0.4, 0.5) is 34.6 Å². The molecular formula is C27H24F4N4O2. The lowest BCUT2D eigenvalue weighted by Gasteiger charge is -2.45. The molecule has 6 nitrogen and oxygen atoms in total. The predicted octanol–water partition coefficient (Wildman–Crippen LogP) is 5.69. The van der Waals surface area contributed by atoms with Crippen LogP contribution in [0.15, 0.2) is 77.8 Å². The van der Waals surface area contributed by atoms with Crippen LogP contribution in [0.5, 0.6) is 0 Å². The number of hydrogen-bond acceptors (Lipinski definition) is 5. The molecule has 37 heavy (non-hydrogen) atoms. The van der Waals surface area contributed by atoms with E-state index < -0.39 is 23.8 Å². The van der Waals surface area contributed by atoms with Gasteiger partial charge in [0.15, 0.2) is 0 Å². The second kappa shape index (κ2) is 9.76. The van der Waals surface area contributed by atoms with Crippen molar-refractivity contribution in [3.05, 3.63) is 89.7 Å². The van der Waals surface area contributed by atoms with Crippen LogP contribution < -0.4 is 9.80 Å². The van der Waals surface area contributed by atoms with Crippen molar-refractivity contribution in [1.82, 2.24) is 4.90 Å². The van der Waals surface area contributed by atoms with E-state index in [1.54, 1.807) is 47.4 Å². The molecule has 2 aliphatic heterocycles. The molecule has 0 saturated carbocycles. The maximum atomic E-state index is 13.6. The van der Waals surface area contributed by atoms with Gasteiger partial charge in [-0.2, -0.15) is 13.2 Å². The topological polar surface area (TPSA) is 59.4 Å². The van der Waals surface area contributed by atoms with Gasteiger partial charge in [-0.25, -0.2) is 9.38 Å². The molecule has 0 amide bonds. The first-order chi connectivity index (χ1) is 17.7. The van der Waals surface area contributed by atoms with Gasteiger partial charge in [0.2, 0.25) is 5.96 Å². The first kappa shape index (κ1) is 24.6. The Bertz CT molecular complexity index is 1320. The van der Waals surface area contributed by atoms with Gasteiger partial charge in [-0.05, 0) is 48.5 Å². The number of anilines is 2. The molecule has 1 fully saturated rings. The summed E-state index contributed by atoms with van der Waals surface area (Å²) in [6, 6.07) is 17.4. The van der Waals surface area contributed by atoms with E-state index >= 15 is 0 Å². The van der Waals surface area contributed by atoms with Crippen molar-refractivity contribution < 1.29 is 27.5 Å². The van der Waals surface area contributed by atoms with E-state index in [2.05, 4.69) is 4.90 Å². The average molecular weight is 513 g/mol. The first-order valence-corrected chi connectivity index (χ1v) is 11.8. The van der Waals surface area contributed by atoms with Gasteiger partial charge in [0.05, 0.1) is 23.7 Å². The normalized spacial score (nSPS) is 17.9. The second-order valence-corrected chi connectivity index (χ2v) is 8.95. The van der Waals surface area contributed by atoms with Gasteiger partial charge >= 0.3 is 12.1 Å². The summed E-state index contributed by atoms with van der Waals surface area (Å²) in [4.78, 5) is 22.4. The van der Waals surface area contributed by atoms with Crippen LogP contribution in [0.25, 0.3) is 0 Å². The molecule has 10 heteroatoms. The number of nitrogens with zero attached hydrogens (tertiary/aromatic N) is 4. The van der Waals surface area contributed by atoms with Crippen molar-refractivity contribution in [3.63, 3.8) is 0 Å². The Morgan fingerprint density at radius 2 is 1.57 bits per heavy atom. The quantitative estimate of drug-likeness (QED) is 0.455. The number of guanidine groups is 1. The highest BCUT2D eigenvalue weighted by Crippen LogP contribution is 2.42. The fourth-order valence-corrected chi connectivity index (χ4v) is 4.84. The van der Waals surface area contributed by atoms with E-state index in [1.165, 1.54) is 18.2 Å². The number of rotatable bonds is 4. The fraction of sp³-hybridized carbons (Fsp3) is 0.259. The predicted molar refractivity (Wildman–Crippen MR) is 133 cm³/mol. The smallest absolute Gasteiger partial charge is 0.416 e. The van der Waals surface area contributed by atoms with Crippen molar-refractivity contribution >= 4 is 29.0 Å². The highest BCUT2D eigenvalue weighted by molar-refractivity contribution is 6.01. The van der Waals surface area contributed by atoms with E-state index in [-0.39, 0.29) is 17.9 Å². The van der Waals surface area contributed by atoms with Gasteiger partial charge in [0, 0.05) is 43.1 Å². The third-order valence-corrected chi connectivity index (χ3v) is 6.62. The second-order valence-electron chi connectivity index (χ2n) is 8.95. The van der Waals surface area contributed by atoms with Crippen LogP contribution in [0.3, 0.4) is 0 Å². The van der Waals surface area contributed by atoms with Crippen LogP contribution in [0.2, 0.25) is 0 Å². The molecule has 2 aliphatic rings. The summed E-state index contributed by atoms with van der Waals surface area (Å²) in [5.74, 6) is -0.985. The van der Waals surface area contributed by atoms with E-state index in [1.807, 2.05) is 4.90 Å². The number of piperazine rings is 1. The molecule has 1 N–H and O–H groups in total. The zero-order valence-electron chi connectivity index (χ0n) is 19.7. The summed E-state index contributed by atoms with van der Waals surface area (Å²) < 4.78 is 54.1. The zero-order valence-corrected chi connectivity index (χ0v) is 19.7. The number of fused-ring (bicyclic) bond motifs is 1. The third-order valence-electron chi connectivity index (χ3n) is 6.62. The van der Waals surface area contributed by atoms with Gasteiger partial charge < -0.3 is 19.8 Å². The Labute approximate surface area is 211 Å². The molecule has 0 aromatic heterocycles. The number of carboxylic acids is 1. The van der Waals surface area contributed by atoms with Gasteiger partial charge in [-0.15, -0.1) is 0 Å². The summed E-state index contributed by atoms with van der Waals surface area (Å²) >= 11 is 0. The Hall–Kier alpha value is -4.08. The van der Waals surface area contributed by atoms with Crippen molar-refractivity contribution in [2.45, 2.75) is 18.6 Å². The molecule has 2 heterocycles. The molecule has 192 valence electrons. The summed E-state index contributed by atoms with van der Waals surface area (Å²) in [6.07, 6.45) is -4.87. The van der Waals surface area contributed by atoms with Crippen LogP contribution in [-0.2, 0) is 11.0 Å². The maximum absolute atomic E-state index is 13.6. The summed E-state index contributed by atoms with van der Waals surface area (Å²) in [5, 5.41) is 9.72. The Kier molecular flexibility index (Phi) is 6.49. The number of para-hydroxylation sites is 1. The largest absolute Gasteiger partial charge is 0.481 e. The minimum Gasteiger partial charge on any atom is -0.481 e. The Morgan fingerprint density at radius 3 is 2.24 bits per heavy atom. The third kappa shape index (κ3) is 5.09. The standard InChI is InChI=1S/C27H24F4N4O2/c28-19-8-10-20(11-9-19)33-12-14-34(15-13-33)26-32-23-7-2-1-6-22(23)24(17-25(36)37)35(26)21-5-3-4-18(16-21)27(29,30)31/h1-11,16,24H,12-15,17H2,(H,36,37). The summed E-state index contributed by atoms with van der Waals surface area (Å²) in [5.41, 5.74) is 1.49. The molecule has 3 aromatic rings. The summed E-state index contributed by atoms with van der Waals surface area (Å²) in [7, 11) is 0. The van der Waals surface area contributed by atoms with E-state index in [0.29, 0.717) is 43.4 Å². The highest BCUT2D eigenvalue weighted by Gasteiger charge is 2.38. The lowest BCUT2D eigenvalue weighted by molar-refractivity contribution is -0.138. The van der Waals surface area contributed by atoms with Crippen LogP contribution in [-0.4, -0.2) is 48.1 Å². The maximum Gasteiger partial charge on any atom is 0.416 e. The summed E-state index contributed by atoms with van der Waals surface area (Å²) in [6.45, 7) is 2.14. The molecule has 1 saturated heterocycles. The number of alkyl halides is 3. The number of hydrogen-bond donors (Lipinski definition) is 1. The molecule has 1 unspecified atom stereocenters. The molecular weight excluding hydrogens is 488 g/mol. The van der Waals surface area contributed by atoms with Crippen molar-refractivity contribution in [2.24, 2.45) is 4.99 Å². The van der Waals surface area contributed by atoms with Crippen LogP contribution in [0, 0.1) is 5.82 Å². The first-order valence-electron chi connectivity index (χ1n) is 11.8. The van der Waals surface area contributed by atoms with E-state index in [0.717, 1.165) is 17.8 Å². The monoisotopic (exact) mass is 512 g/mol. The molecule has 1 atom stereocenters. The number of benzene rings is 3. The van der Waals surface area contributed by atoms with Gasteiger partial charge in [0.1, 0.15) is 5.82 Å². The van der Waals surface area contributed by atoms with Gasteiger partial charge in [-0.1, -0.05) is 24.3 Å². The van der Waals surface area contributed by atoms with E-state index in [4.69, 9.17) is 4.99 Å². The van der Waals surface area contributed by atoms with Crippen molar-refractivity contribution in [2.75, 3.05) is 36.0 Å². The molecule has 5 rings (SSSR count).